The zero-order valence-electron chi connectivity index (χ0n) is 19.3. The van der Waals surface area contributed by atoms with E-state index in [2.05, 4.69) is 0 Å². The second kappa shape index (κ2) is 9.29. The Balaban J connectivity index is 1.85. The predicted molar refractivity (Wildman–Crippen MR) is 133 cm³/mol. The van der Waals surface area contributed by atoms with Crippen molar-refractivity contribution in [2.75, 3.05) is 14.2 Å². The molecule has 4 heteroatoms. The van der Waals surface area contributed by atoms with Gasteiger partial charge < -0.3 is 9.47 Å². The van der Waals surface area contributed by atoms with E-state index in [4.69, 9.17) is 14.5 Å². The Morgan fingerprint density at radius 2 is 1.36 bits per heavy atom. The van der Waals surface area contributed by atoms with Gasteiger partial charge in [0.05, 0.1) is 31.0 Å². The Morgan fingerprint density at radius 3 is 1.94 bits per heavy atom. The highest BCUT2D eigenvalue weighted by molar-refractivity contribution is 6.35. The number of methoxy groups -OCH3 is 2. The molecule has 0 saturated heterocycles. The molecule has 1 aliphatic rings. The number of hydrogen-bond acceptors (Lipinski definition) is 4. The van der Waals surface area contributed by atoms with E-state index in [9.17, 15) is 4.79 Å². The number of hydrogen-bond donors (Lipinski definition) is 0. The Hall–Kier alpha value is -3.92. The number of aliphatic imine (C=N–C) groups is 1. The third-order valence-electron chi connectivity index (χ3n) is 5.89. The van der Waals surface area contributed by atoms with Crippen LogP contribution in [0.5, 0.6) is 11.5 Å². The number of carbonyl (C=O) groups excluding carboxylic acids is 1. The van der Waals surface area contributed by atoms with Crippen LogP contribution in [0.4, 0.5) is 5.69 Å². The summed E-state index contributed by atoms with van der Waals surface area (Å²) < 4.78 is 10.6. The van der Waals surface area contributed by atoms with Crippen LogP contribution in [-0.2, 0) is 4.79 Å². The summed E-state index contributed by atoms with van der Waals surface area (Å²) in [6.07, 6.45) is 4.08. The molecule has 0 aromatic heterocycles. The highest BCUT2D eigenvalue weighted by Gasteiger charge is 2.47. The minimum atomic E-state index is -0.576. The minimum Gasteiger partial charge on any atom is -0.497 e. The van der Waals surface area contributed by atoms with Gasteiger partial charge in [-0.3, -0.25) is 4.79 Å². The van der Waals surface area contributed by atoms with Crippen LogP contribution in [0, 0.1) is 5.41 Å². The molecule has 4 nitrogen and oxygen atoms in total. The summed E-state index contributed by atoms with van der Waals surface area (Å²) in [4.78, 5) is 18.2. The molecule has 1 aliphatic carbocycles. The zero-order chi connectivity index (χ0) is 23.4. The van der Waals surface area contributed by atoms with E-state index >= 15 is 0 Å². The fourth-order valence-corrected chi connectivity index (χ4v) is 3.88. The largest absolute Gasteiger partial charge is 0.497 e. The van der Waals surface area contributed by atoms with Crippen LogP contribution in [0.25, 0.3) is 6.08 Å². The molecular formula is C29H27NO3. The quantitative estimate of drug-likeness (QED) is 0.400. The molecular weight excluding hydrogens is 410 g/mol. The molecule has 3 aromatic rings. The topological polar surface area (TPSA) is 47.9 Å². The lowest BCUT2D eigenvalue weighted by atomic mass is 9.63. The van der Waals surface area contributed by atoms with Gasteiger partial charge in [0.15, 0.2) is 5.78 Å². The maximum atomic E-state index is 13.3. The standard InChI is InChI=1S/C29H27NO3/c1-29(2)25(19-10-20-8-6-5-7-9-20)26(28(29)31)27(21-11-15-23(32-3)16-12-21)30-22-13-17-24(33-4)18-14-22/h5-19H,1-4H3/b19-10+,30-27?. The van der Waals surface area contributed by atoms with Crippen molar-refractivity contribution in [3.8, 4) is 11.5 Å². The summed E-state index contributed by atoms with van der Waals surface area (Å²) >= 11 is 0. The number of carbonyl (C=O) groups is 1. The van der Waals surface area contributed by atoms with E-state index in [1.807, 2.05) is 105 Å². The molecule has 3 aromatic carbocycles. The van der Waals surface area contributed by atoms with Crippen molar-refractivity contribution < 1.29 is 14.3 Å². The van der Waals surface area contributed by atoms with Gasteiger partial charge in [-0.15, -0.1) is 0 Å². The molecule has 4 rings (SSSR count). The van der Waals surface area contributed by atoms with Gasteiger partial charge in [0.1, 0.15) is 11.5 Å². The zero-order valence-corrected chi connectivity index (χ0v) is 19.3. The van der Waals surface area contributed by atoms with E-state index in [1.165, 1.54) is 0 Å². The average Bonchev–Trinajstić information content (AvgIpc) is 2.86. The first kappa shape index (κ1) is 22.3. The number of Topliss-reactive ketones (excluding diaryl/α,β-unsaturated/α-hetero) is 1. The fourth-order valence-electron chi connectivity index (χ4n) is 3.88. The monoisotopic (exact) mass is 437 g/mol. The van der Waals surface area contributed by atoms with Gasteiger partial charge in [-0.25, -0.2) is 4.99 Å². The molecule has 0 unspecified atom stereocenters. The predicted octanol–water partition coefficient (Wildman–Crippen LogP) is 6.44. The normalized spacial score (nSPS) is 15.5. The van der Waals surface area contributed by atoms with E-state index < -0.39 is 5.41 Å². The van der Waals surface area contributed by atoms with Gasteiger partial charge in [-0.2, -0.15) is 0 Å². The van der Waals surface area contributed by atoms with Gasteiger partial charge in [0.25, 0.3) is 0 Å². The van der Waals surface area contributed by atoms with Crippen LogP contribution >= 0.6 is 0 Å². The maximum Gasteiger partial charge on any atom is 0.175 e. The molecule has 33 heavy (non-hydrogen) atoms. The summed E-state index contributed by atoms with van der Waals surface area (Å²) in [7, 11) is 3.26. The van der Waals surface area contributed by atoms with E-state index in [0.717, 1.165) is 33.9 Å². The van der Waals surface area contributed by atoms with Crippen molar-refractivity contribution in [1.82, 2.24) is 0 Å². The summed E-state index contributed by atoms with van der Waals surface area (Å²) in [5.74, 6) is 1.59. The minimum absolute atomic E-state index is 0.0818. The van der Waals surface area contributed by atoms with Crippen molar-refractivity contribution >= 4 is 23.3 Å². The van der Waals surface area contributed by atoms with Crippen LogP contribution in [0.2, 0.25) is 0 Å². The number of nitrogens with zero attached hydrogens (tertiary/aromatic N) is 1. The number of allylic oxidation sites excluding steroid dienone is 3. The first-order chi connectivity index (χ1) is 15.9. The van der Waals surface area contributed by atoms with Crippen LogP contribution in [0.1, 0.15) is 25.0 Å². The Labute approximate surface area is 194 Å². The Kier molecular flexibility index (Phi) is 6.27. The lowest BCUT2D eigenvalue weighted by Crippen LogP contribution is -2.42. The number of ether oxygens (including phenoxy) is 2. The number of benzene rings is 3. The molecule has 0 bridgehead atoms. The van der Waals surface area contributed by atoms with Crippen molar-refractivity contribution in [3.05, 3.63) is 107 Å². The highest BCUT2D eigenvalue weighted by Crippen LogP contribution is 2.45. The molecule has 0 fully saturated rings. The molecule has 0 radical (unpaired) electrons. The first-order valence-corrected chi connectivity index (χ1v) is 10.8. The number of ketones is 1. The Morgan fingerprint density at radius 1 is 0.788 bits per heavy atom. The maximum absolute atomic E-state index is 13.3. The van der Waals surface area contributed by atoms with Gasteiger partial charge >= 0.3 is 0 Å². The van der Waals surface area contributed by atoms with Crippen molar-refractivity contribution in [2.24, 2.45) is 10.4 Å². The van der Waals surface area contributed by atoms with E-state index in [1.54, 1.807) is 14.2 Å². The van der Waals surface area contributed by atoms with Gasteiger partial charge in [0.2, 0.25) is 0 Å². The highest BCUT2D eigenvalue weighted by atomic mass is 16.5. The number of rotatable bonds is 7. The SMILES string of the molecule is COc1ccc(N=C(C2=C(/C=C/c3ccccc3)C(C)(C)C2=O)c2ccc(OC)cc2)cc1. The summed E-state index contributed by atoms with van der Waals surface area (Å²) in [5, 5.41) is 0. The lowest BCUT2D eigenvalue weighted by molar-refractivity contribution is -0.123. The molecule has 0 atom stereocenters. The van der Waals surface area contributed by atoms with E-state index in [-0.39, 0.29) is 5.78 Å². The molecule has 166 valence electrons. The second-order valence-corrected chi connectivity index (χ2v) is 8.37. The van der Waals surface area contributed by atoms with Crippen LogP contribution in [-0.4, -0.2) is 25.7 Å². The van der Waals surface area contributed by atoms with Gasteiger partial charge in [0, 0.05) is 11.1 Å². The fraction of sp³-hybridized carbons (Fsp3) is 0.172. The third kappa shape index (κ3) is 4.51. The Bertz CT molecular complexity index is 1230. The molecule has 0 amide bonds. The average molecular weight is 438 g/mol. The van der Waals surface area contributed by atoms with E-state index in [0.29, 0.717) is 11.3 Å². The van der Waals surface area contributed by atoms with Gasteiger partial charge in [-0.1, -0.05) is 42.5 Å². The molecule has 0 saturated carbocycles. The third-order valence-corrected chi connectivity index (χ3v) is 5.89. The lowest BCUT2D eigenvalue weighted by Gasteiger charge is -2.38. The molecule has 0 N–H and O–H groups in total. The van der Waals surface area contributed by atoms with Gasteiger partial charge in [-0.05, 0) is 73.5 Å². The second-order valence-electron chi connectivity index (χ2n) is 8.37. The molecule has 0 spiro atoms. The molecule has 0 heterocycles. The molecule has 0 aliphatic heterocycles. The van der Waals surface area contributed by atoms with Crippen LogP contribution in [0.3, 0.4) is 0 Å². The van der Waals surface area contributed by atoms with Crippen LogP contribution in [0.15, 0.2) is 101 Å². The van der Waals surface area contributed by atoms with Crippen LogP contribution < -0.4 is 9.47 Å². The smallest absolute Gasteiger partial charge is 0.175 e. The summed E-state index contributed by atoms with van der Waals surface area (Å²) in [6, 6.07) is 25.2. The summed E-state index contributed by atoms with van der Waals surface area (Å²) in [5.41, 5.74) is 4.38. The van der Waals surface area contributed by atoms with Crippen molar-refractivity contribution in [2.45, 2.75) is 13.8 Å². The van der Waals surface area contributed by atoms with Crippen molar-refractivity contribution in [3.63, 3.8) is 0 Å². The first-order valence-electron chi connectivity index (χ1n) is 10.8. The summed E-state index contributed by atoms with van der Waals surface area (Å²) in [6.45, 7) is 3.92. The van der Waals surface area contributed by atoms with Crippen molar-refractivity contribution in [1.29, 1.82) is 0 Å².